The largest absolute Gasteiger partial charge is 1.00 e. The molecule has 1 N–H and O–H groups in total. The van der Waals surface area contributed by atoms with Crippen LogP contribution in [0.1, 0.15) is 29.5 Å². The van der Waals surface area contributed by atoms with Crippen LogP contribution in [-0.4, -0.2) is 31.0 Å². The maximum atomic E-state index is 11.2. The first kappa shape index (κ1) is 20.1. The summed E-state index contributed by atoms with van der Waals surface area (Å²) in [6, 6.07) is 11.9. The fourth-order valence-corrected chi connectivity index (χ4v) is 4.04. The van der Waals surface area contributed by atoms with Crippen molar-refractivity contribution in [3.05, 3.63) is 63.1 Å². The highest BCUT2D eigenvalue weighted by molar-refractivity contribution is 6.35. The van der Waals surface area contributed by atoms with Gasteiger partial charge in [-0.2, -0.15) is 0 Å². The zero-order valence-corrected chi connectivity index (χ0v) is 16.7. The second-order valence-electron chi connectivity index (χ2n) is 7.09. The summed E-state index contributed by atoms with van der Waals surface area (Å²) >= 11 is 12.7. The Morgan fingerprint density at radius 2 is 1.80 bits per heavy atom. The standard InChI is InChI=1S/C19H20Cl2N2O.ClH/c1-12(24)22-15-6-4-13(5-7-15)17-10-23(2,3)11-18-16(17)8-14(20)9-19(18)21;/h4-9,17H,10-11H2,1-3H3;1H. The molecule has 1 unspecified atom stereocenters. The van der Waals surface area contributed by atoms with E-state index in [-0.39, 0.29) is 24.2 Å². The molecule has 1 heterocycles. The topological polar surface area (TPSA) is 29.1 Å². The minimum atomic E-state index is -0.0675. The van der Waals surface area contributed by atoms with Crippen molar-refractivity contribution >= 4 is 34.8 Å². The van der Waals surface area contributed by atoms with Crippen molar-refractivity contribution in [2.45, 2.75) is 19.4 Å². The number of amides is 1. The van der Waals surface area contributed by atoms with Crippen molar-refractivity contribution in [1.29, 1.82) is 0 Å². The molecule has 1 aliphatic rings. The van der Waals surface area contributed by atoms with Crippen LogP contribution in [0.15, 0.2) is 36.4 Å². The van der Waals surface area contributed by atoms with Gasteiger partial charge in [0.25, 0.3) is 0 Å². The number of rotatable bonds is 2. The molecular weight excluding hydrogens is 379 g/mol. The molecule has 0 aliphatic carbocycles. The van der Waals surface area contributed by atoms with Crippen molar-refractivity contribution in [3.8, 4) is 0 Å². The van der Waals surface area contributed by atoms with Crippen LogP contribution >= 0.6 is 23.2 Å². The highest BCUT2D eigenvalue weighted by atomic mass is 35.5. The number of carbonyl (C=O) groups excluding carboxylic acids is 1. The highest BCUT2D eigenvalue weighted by Gasteiger charge is 2.34. The van der Waals surface area contributed by atoms with Crippen LogP contribution in [0.3, 0.4) is 0 Å². The van der Waals surface area contributed by atoms with Gasteiger partial charge in [-0.3, -0.25) is 4.79 Å². The highest BCUT2D eigenvalue weighted by Crippen LogP contribution is 2.40. The van der Waals surface area contributed by atoms with E-state index in [1.165, 1.54) is 23.6 Å². The Labute approximate surface area is 164 Å². The molecule has 3 rings (SSSR count). The van der Waals surface area contributed by atoms with E-state index in [2.05, 4.69) is 31.5 Å². The molecule has 0 radical (unpaired) electrons. The Balaban J connectivity index is 0.00000225. The van der Waals surface area contributed by atoms with Gasteiger partial charge in [0.05, 0.1) is 31.6 Å². The molecule has 0 spiro atoms. The Morgan fingerprint density at radius 1 is 1.16 bits per heavy atom. The van der Waals surface area contributed by atoms with Gasteiger partial charge < -0.3 is 22.2 Å². The van der Waals surface area contributed by atoms with Crippen molar-refractivity contribution in [3.63, 3.8) is 0 Å². The molecule has 6 heteroatoms. The number of quaternary nitrogens is 1. The Kier molecular flexibility index (Phi) is 6.05. The molecule has 2 aromatic rings. The fourth-order valence-electron chi connectivity index (χ4n) is 3.47. The number of nitrogens with one attached hydrogen (secondary N) is 1. The Morgan fingerprint density at radius 3 is 2.40 bits per heavy atom. The number of carbonyl (C=O) groups is 1. The minimum absolute atomic E-state index is 0. The first-order valence-electron chi connectivity index (χ1n) is 7.92. The van der Waals surface area contributed by atoms with Crippen LogP contribution in [0.2, 0.25) is 10.0 Å². The van der Waals surface area contributed by atoms with Gasteiger partial charge in [-0.05, 0) is 35.4 Å². The van der Waals surface area contributed by atoms with Gasteiger partial charge in [0.1, 0.15) is 6.54 Å². The smallest absolute Gasteiger partial charge is 0.221 e. The molecule has 1 aliphatic heterocycles. The fraction of sp³-hybridized carbons (Fsp3) is 0.316. The molecule has 2 aromatic carbocycles. The average molecular weight is 400 g/mol. The molecule has 0 saturated carbocycles. The molecule has 0 bridgehead atoms. The Bertz CT molecular complexity index is 788. The van der Waals surface area contributed by atoms with Gasteiger partial charge in [0, 0.05) is 23.2 Å². The van der Waals surface area contributed by atoms with Crippen LogP contribution < -0.4 is 17.7 Å². The van der Waals surface area contributed by atoms with Crippen molar-refractivity contribution in [1.82, 2.24) is 0 Å². The van der Waals surface area contributed by atoms with Gasteiger partial charge in [0.2, 0.25) is 5.91 Å². The third-order valence-corrected chi connectivity index (χ3v) is 5.02. The van der Waals surface area contributed by atoms with Crippen molar-refractivity contribution < 1.29 is 21.7 Å². The lowest BCUT2D eigenvalue weighted by Gasteiger charge is -2.40. The van der Waals surface area contributed by atoms with Crippen LogP contribution in [0.25, 0.3) is 0 Å². The molecule has 0 aromatic heterocycles. The summed E-state index contributed by atoms with van der Waals surface area (Å²) in [7, 11) is 4.43. The van der Waals surface area contributed by atoms with Gasteiger partial charge in [-0.25, -0.2) is 0 Å². The third kappa shape index (κ3) is 4.48. The quantitative estimate of drug-likeness (QED) is 0.765. The number of nitrogens with zero attached hydrogens (tertiary/aromatic N) is 1. The lowest BCUT2D eigenvalue weighted by atomic mass is 9.83. The summed E-state index contributed by atoms with van der Waals surface area (Å²) in [5, 5.41) is 4.21. The number of anilines is 1. The maximum absolute atomic E-state index is 11.2. The van der Waals surface area contributed by atoms with Crippen molar-refractivity contribution in [2.75, 3.05) is 26.0 Å². The van der Waals surface area contributed by atoms with Gasteiger partial charge >= 0.3 is 0 Å². The number of hydrogen-bond acceptors (Lipinski definition) is 1. The van der Waals surface area contributed by atoms with E-state index in [1.54, 1.807) is 0 Å². The molecule has 25 heavy (non-hydrogen) atoms. The predicted molar refractivity (Wildman–Crippen MR) is 99.7 cm³/mol. The first-order chi connectivity index (χ1) is 11.2. The molecule has 0 fully saturated rings. The SMILES string of the molecule is CC(=O)Nc1ccc(C2C[N+](C)(C)Cc3c(Cl)cc(Cl)cc32)cc1.[Cl-]. The first-order valence-corrected chi connectivity index (χ1v) is 8.68. The molecule has 3 nitrogen and oxygen atoms in total. The number of benzene rings is 2. The number of hydrogen-bond donors (Lipinski definition) is 1. The van der Waals surface area contributed by atoms with E-state index in [9.17, 15) is 4.79 Å². The Hall–Kier alpha value is -1.26. The molecule has 134 valence electrons. The normalized spacial score (nSPS) is 18.0. The molecule has 1 amide bonds. The lowest BCUT2D eigenvalue weighted by Crippen LogP contribution is -3.00. The minimum Gasteiger partial charge on any atom is -1.00 e. The molecule has 1 atom stereocenters. The van der Waals surface area contributed by atoms with Crippen LogP contribution in [0, 0.1) is 0 Å². The van der Waals surface area contributed by atoms with E-state index in [1.807, 2.05) is 24.3 Å². The van der Waals surface area contributed by atoms with E-state index in [4.69, 9.17) is 23.2 Å². The number of halogens is 3. The van der Waals surface area contributed by atoms with Gasteiger partial charge in [-0.15, -0.1) is 0 Å². The van der Waals surface area contributed by atoms with Gasteiger partial charge in [0.15, 0.2) is 0 Å². The lowest BCUT2D eigenvalue weighted by molar-refractivity contribution is -0.906. The second kappa shape index (κ2) is 7.55. The molecule has 0 saturated heterocycles. The van der Waals surface area contributed by atoms with E-state index < -0.39 is 0 Å². The van der Waals surface area contributed by atoms with Crippen LogP contribution in [-0.2, 0) is 11.3 Å². The number of likely N-dealkylation sites (N-methyl/N-ethyl adjacent to an activating group) is 1. The van der Waals surface area contributed by atoms with Gasteiger partial charge in [-0.1, -0.05) is 35.3 Å². The summed E-state index contributed by atoms with van der Waals surface area (Å²) in [5.41, 5.74) is 4.39. The second-order valence-corrected chi connectivity index (χ2v) is 7.93. The van der Waals surface area contributed by atoms with Crippen LogP contribution in [0.5, 0.6) is 0 Å². The van der Waals surface area contributed by atoms with E-state index in [0.29, 0.717) is 5.02 Å². The summed E-state index contributed by atoms with van der Waals surface area (Å²) in [6.07, 6.45) is 0. The zero-order valence-electron chi connectivity index (χ0n) is 14.4. The van der Waals surface area contributed by atoms with E-state index in [0.717, 1.165) is 28.3 Å². The maximum Gasteiger partial charge on any atom is 0.221 e. The monoisotopic (exact) mass is 398 g/mol. The zero-order chi connectivity index (χ0) is 17.5. The summed E-state index contributed by atoms with van der Waals surface area (Å²) < 4.78 is 0.868. The predicted octanol–water partition coefficient (Wildman–Crippen LogP) is 1.68. The third-order valence-electron chi connectivity index (χ3n) is 4.47. The van der Waals surface area contributed by atoms with E-state index >= 15 is 0 Å². The number of fused-ring (bicyclic) bond motifs is 1. The average Bonchev–Trinajstić information content (AvgIpc) is 2.47. The summed E-state index contributed by atoms with van der Waals surface area (Å²) in [4.78, 5) is 11.2. The van der Waals surface area contributed by atoms with Crippen molar-refractivity contribution in [2.24, 2.45) is 0 Å². The van der Waals surface area contributed by atoms with Crippen LogP contribution in [0.4, 0.5) is 5.69 Å². The summed E-state index contributed by atoms with van der Waals surface area (Å²) in [5.74, 6) is 0.161. The molecular formula is C19H21Cl3N2O. The summed E-state index contributed by atoms with van der Waals surface area (Å²) in [6.45, 7) is 3.38.